The second-order valence-electron chi connectivity index (χ2n) is 6.17. The summed E-state index contributed by atoms with van der Waals surface area (Å²) in [5, 5.41) is 0.697. The Balaban J connectivity index is 1.93. The lowest BCUT2D eigenvalue weighted by molar-refractivity contribution is -0.124. The van der Waals surface area contributed by atoms with Crippen LogP contribution in [0.1, 0.15) is 21.5 Å². The third kappa shape index (κ3) is 3.40. The van der Waals surface area contributed by atoms with E-state index in [4.69, 9.17) is 4.74 Å². The number of ether oxygens (including phenoxy) is 1. The summed E-state index contributed by atoms with van der Waals surface area (Å²) in [6.07, 6.45) is 1.59. The predicted molar refractivity (Wildman–Crippen MR) is 96.8 cm³/mol. The smallest absolute Gasteiger partial charge is 0.294 e. The normalized spacial score (nSPS) is 10.7. The van der Waals surface area contributed by atoms with Gasteiger partial charge in [0.1, 0.15) is 12.4 Å². The number of hydrogen-bond acceptors (Lipinski definition) is 3. The van der Waals surface area contributed by atoms with Gasteiger partial charge in [-0.1, -0.05) is 30.3 Å². The molecule has 1 aromatic heterocycles. The Hall–Kier alpha value is -3.08. The number of benzene rings is 2. The van der Waals surface area contributed by atoms with Crippen LogP contribution in [0.4, 0.5) is 0 Å². The van der Waals surface area contributed by atoms with Crippen LogP contribution >= 0.6 is 0 Å². The number of aromatic nitrogens is 1. The van der Waals surface area contributed by atoms with Crippen molar-refractivity contribution in [3.8, 4) is 5.75 Å². The highest BCUT2D eigenvalue weighted by Crippen LogP contribution is 2.28. The first-order chi connectivity index (χ1) is 12.0. The van der Waals surface area contributed by atoms with Crippen LogP contribution in [0.5, 0.6) is 5.75 Å². The number of carbonyl (C=O) groups is 2. The molecule has 0 saturated carbocycles. The Morgan fingerprint density at radius 3 is 2.52 bits per heavy atom. The van der Waals surface area contributed by atoms with Gasteiger partial charge in [0.25, 0.3) is 11.7 Å². The van der Waals surface area contributed by atoms with Gasteiger partial charge in [-0.05, 0) is 30.2 Å². The van der Waals surface area contributed by atoms with E-state index in [1.807, 2.05) is 43.3 Å². The van der Waals surface area contributed by atoms with Gasteiger partial charge in [0.05, 0.1) is 5.56 Å². The highest BCUT2D eigenvalue weighted by atomic mass is 16.5. The summed E-state index contributed by atoms with van der Waals surface area (Å²) < 4.78 is 5.87. The number of aryl methyl sites for hydroxylation is 1. The number of hydrogen-bond donors (Lipinski definition) is 1. The largest absolute Gasteiger partial charge is 0.489 e. The summed E-state index contributed by atoms with van der Waals surface area (Å²) >= 11 is 0. The molecule has 0 aliphatic heterocycles. The second kappa shape index (κ2) is 6.81. The third-order valence-corrected chi connectivity index (χ3v) is 4.05. The van der Waals surface area contributed by atoms with Crippen LogP contribution in [-0.4, -0.2) is 35.7 Å². The molecule has 1 N–H and O–H groups in total. The zero-order valence-electron chi connectivity index (χ0n) is 14.5. The van der Waals surface area contributed by atoms with Crippen LogP contribution in [0.25, 0.3) is 10.9 Å². The van der Waals surface area contributed by atoms with Crippen molar-refractivity contribution in [1.29, 1.82) is 0 Å². The molecule has 0 aliphatic carbocycles. The fraction of sp³-hybridized carbons (Fsp3) is 0.200. The molecule has 2 aromatic carbocycles. The molecule has 0 radical (unpaired) electrons. The van der Waals surface area contributed by atoms with Crippen molar-refractivity contribution in [1.82, 2.24) is 9.88 Å². The van der Waals surface area contributed by atoms with E-state index in [-0.39, 0.29) is 0 Å². The number of nitrogens with one attached hydrogen (secondary N) is 1. The molecule has 0 bridgehead atoms. The number of rotatable bonds is 5. The zero-order valence-corrected chi connectivity index (χ0v) is 14.5. The van der Waals surface area contributed by atoms with Crippen LogP contribution in [0.3, 0.4) is 0 Å². The molecule has 0 fully saturated rings. The molecule has 25 heavy (non-hydrogen) atoms. The van der Waals surface area contributed by atoms with Crippen LogP contribution in [-0.2, 0) is 11.4 Å². The molecule has 128 valence electrons. The number of carbonyl (C=O) groups excluding carboxylic acids is 2. The first-order valence-corrected chi connectivity index (χ1v) is 8.02. The summed E-state index contributed by atoms with van der Waals surface area (Å²) in [6.45, 7) is 2.38. The molecular formula is C20H20N2O3. The molecule has 1 heterocycles. The summed E-state index contributed by atoms with van der Waals surface area (Å²) in [4.78, 5) is 28.8. The average Bonchev–Trinajstić information content (AvgIpc) is 3.04. The Kier molecular flexibility index (Phi) is 4.57. The Bertz CT molecular complexity index is 927. The monoisotopic (exact) mass is 336 g/mol. The van der Waals surface area contributed by atoms with Crippen molar-refractivity contribution in [2.24, 2.45) is 0 Å². The van der Waals surface area contributed by atoms with E-state index in [2.05, 4.69) is 4.98 Å². The Morgan fingerprint density at radius 1 is 1.12 bits per heavy atom. The molecular weight excluding hydrogens is 316 g/mol. The highest BCUT2D eigenvalue weighted by Gasteiger charge is 2.22. The summed E-state index contributed by atoms with van der Waals surface area (Å²) in [5.41, 5.74) is 3.22. The van der Waals surface area contributed by atoms with Crippen molar-refractivity contribution in [2.45, 2.75) is 13.5 Å². The fourth-order valence-corrected chi connectivity index (χ4v) is 2.71. The van der Waals surface area contributed by atoms with E-state index >= 15 is 0 Å². The van der Waals surface area contributed by atoms with E-state index in [1.54, 1.807) is 26.4 Å². The minimum atomic E-state index is -0.547. The zero-order chi connectivity index (χ0) is 18.0. The molecule has 0 atom stereocenters. The Labute approximate surface area is 146 Å². The topological polar surface area (TPSA) is 62.4 Å². The number of Topliss-reactive ketones (excluding diaryl/α,β-unsaturated/α-hetero) is 1. The lowest BCUT2D eigenvalue weighted by Crippen LogP contribution is -2.29. The SMILES string of the molecule is Cc1cc(OCc2ccccc2)cc2c(C(=O)C(=O)N(C)C)c[nH]c12. The maximum absolute atomic E-state index is 12.4. The number of aromatic amines is 1. The summed E-state index contributed by atoms with van der Waals surface area (Å²) in [7, 11) is 3.13. The van der Waals surface area contributed by atoms with Crippen LogP contribution in [0.2, 0.25) is 0 Å². The molecule has 3 rings (SSSR count). The average molecular weight is 336 g/mol. The van der Waals surface area contributed by atoms with Crippen molar-refractivity contribution in [2.75, 3.05) is 14.1 Å². The van der Waals surface area contributed by atoms with Gasteiger partial charge in [-0.25, -0.2) is 0 Å². The number of likely N-dealkylation sites (N-methyl/N-ethyl adjacent to an activating group) is 1. The summed E-state index contributed by atoms with van der Waals surface area (Å²) in [5.74, 6) is -0.412. The van der Waals surface area contributed by atoms with Crippen LogP contribution in [0.15, 0.2) is 48.7 Å². The van der Waals surface area contributed by atoms with Crippen molar-refractivity contribution in [3.63, 3.8) is 0 Å². The van der Waals surface area contributed by atoms with Crippen molar-refractivity contribution >= 4 is 22.6 Å². The predicted octanol–water partition coefficient (Wildman–Crippen LogP) is 3.33. The lowest BCUT2D eigenvalue weighted by Gasteiger charge is -2.10. The maximum Gasteiger partial charge on any atom is 0.294 e. The van der Waals surface area contributed by atoms with E-state index in [0.29, 0.717) is 23.3 Å². The van der Waals surface area contributed by atoms with Gasteiger partial charge < -0.3 is 14.6 Å². The van der Waals surface area contributed by atoms with Gasteiger partial charge in [-0.15, -0.1) is 0 Å². The molecule has 3 aromatic rings. The molecule has 0 spiro atoms. The maximum atomic E-state index is 12.4. The molecule has 5 heteroatoms. The third-order valence-electron chi connectivity index (χ3n) is 4.05. The van der Waals surface area contributed by atoms with Crippen molar-refractivity contribution in [3.05, 3.63) is 65.4 Å². The lowest BCUT2D eigenvalue weighted by atomic mass is 10.1. The van der Waals surface area contributed by atoms with Gasteiger partial charge >= 0.3 is 0 Å². The molecule has 5 nitrogen and oxygen atoms in total. The minimum absolute atomic E-state index is 0.363. The number of amides is 1. The number of ketones is 1. The van der Waals surface area contributed by atoms with Gasteiger partial charge in [0.2, 0.25) is 0 Å². The first kappa shape index (κ1) is 16.8. The van der Waals surface area contributed by atoms with E-state index in [0.717, 1.165) is 16.6 Å². The van der Waals surface area contributed by atoms with E-state index < -0.39 is 11.7 Å². The van der Waals surface area contributed by atoms with E-state index in [1.165, 1.54) is 4.90 Å². The standard InChI is InChI=1S/C20H20N2O3/c1-13-9-15(25-12-14-7-5-4-6-8-14)10-16-17(11-21-18(13)16)19(23)20(24)22(2)3/h4-11,21H,12H2,1-3H3. The molecule has 0 saturated heterocycles. The quantitative estimate of drug-likeness (QED) is 0.574. The van der Waals surface area contributed by atoms with Gasteiger partial charge in [0, 0.05) is 31.2 Å². The van der Waals surface area contributed by atoms with E-state index in [9.17, 15) is 9.59 Å². The number of nitrogens with zero attached hydrogens (tertiary/aromatic N) is 1. The Morgan fingerprint density at radius 2 is 1.84 bits per heavy atom. The van der Waals surface area contributed by atoms with Gasteiger partial charge in [-0.2, -0.15) is 0 Å². The first-order valence-electron chi connectivity index (χ1n) is 8.02. The fourth-order valence-electron chi connectivity index (χ4n) is 2.71. The molecule has 0 unspecified atom stereocenters. The number of fused-ring (bicyclic) bond motifs is 1. The number of H-pyrrole nitrogens is 1. The van der Waals surface area contributed by atoms with Crippen molar-refractivity contribution < 1.29 is 14.3 Å². The highest BCUT2D eigenvalue weighted by molar-refractivity contribution is 6.44. The van der Waals surface area contributed by atoms with Crippen LogP contribution in [0, 0.1) is 6.92 Å². The molecule has 1 amide bonds. The van der Waals surface area contributed by atoms with Gasteiger partial charge in [0.15, 0.2) is 0 Å². The van der Waals surface area contributed by atoms with Crippen LogP contribution < -0.4 is 4.74 Å². The van der Waals surface area contributed by atoms with Gasteiger partial charge in [-0.3, -0.25) is 9.59 Å². The minimum Gasteiger partial charge on any atom is -0.489 e. The second-order valence-corrected chi connectivity index (χ2v) is 6.17. The summed E-state index contributed by atoms with van der Waals surface area (Å²) in [6, 6.07) is 13.6. The molecule has 0 aliphatic rings.